The topological polar surface area (TPSA) is 83.4 Å². The highest BCUT2D eigenvalue weighted by Crippen LogP contribution is 2.38. The van der Waals surface area contributed by atoms with Crippen molar-refractivity contribution in [2.24, 2.45) is 5.73 Å². The zero-order valence-corrected chi connectivity index (χ0v) is 11.7. The second kappa shape index (κ2) is 4.73. The van der Waals surface area contributed by atoms with Crippen LogP contribution in [0.3, 0.4) is 0 Å². The number of hydrogen-bond acceptors (Lipinski definition) is 6. The monoisotopic (exact) mass is 287 g/mol. The smallest absolute Gasteiger partial charge is 0.258 e. The van der Waals surface area contributed by atoms with Gasteiger partial charge < -0.3 is 19.7 Å². The van der Waals surface area contributed by atoms with Crippen LogP contribution in [0.1, 0.15) is 31.5 Å². The highest BCUT2D eigenvalue weighted by molar-refractivity contribution is 5.60. The number of hydrogen-bond donors (Lipinski definition) is 1. The van der Waals surface area contributed by atoms with Crippen molar-refractivity contribution in [3.63, 3.8) is 0 Å². The van der Waals surface area contributed by atoms with E-state index in [0.717, 1.165) is 42.7 Å². The van der Waals surface area contributed by atoms with Gasteiger partial charge in [-0.3, -0.25) is 0 Å². The molecule has 6 nitrogen and oxygen atoms in total. The first-order valence-electron chi connectivity index (χ1n) is 7.28. The van der Waals surface area contributed by atoms with Crippen LogP contribution < -0.4 is 15.2 Å². The van der Waals surface area contributed by atoms with Crippen molar-refractivity contribution in [3.8, 4) is 23.0 Å². The predicted molar refractivity (Wildman–Crippen MR) is 75.1 cm³/mol. The zero-order chi connectivity index (χ0) is 14.3. The van der Waals surface area contributed by atoms with E-state index in [1.54, 1.807) is 0 Å². The normalized spacial score (nSPS) is 19.7. The van der Waals surface area contributed by atoms with Crippen LogP contribution in [0, 0.1) is 0 Å². The van der Waals surface area contributed by atoms with Gasteiger partial charge >= 0.3 is 0 Å². The molecule has 0 saturated heterocycles. The van der Waals surface area contributed by atoms with Crippen molar-refractivity contribution in [1.29, 1.82) is 0 Å². The van der Waals surface area contributed by atoms with E-state index >= 15 is 0 Å². The van der Waals surface area contributed by atoms with Crippen molar-refractivity contribution in [1.82, 2.24) is 10.1 Å². The predicted octanol–water partition coefficient (Wildman–Crippen LogP) is 2.24. The molecular formula is C15H17N3O3. The van der Waals surface area contributed by atoms with E-state index < -0.39 is 5.54 Å². The molecule has 0 spiro atoms. The van der Waals surface area contributed by atoms with Crippen molar-refractivity contribution < 1.29 is 14.0 Å². The van der Waals surface area contributed by atoms with Crippen molar-refractivity contribution in [2.45, 2.75) is 31.2 Å². The van der Waals surface area contributed by atoms with Gasteiger partial charge in [-0.05, 0) is 37.5 Å². The molecule has 110 valence electrons. The van der Waals surface area contributed by atoms with Crippen LogP contribution in [0.5, 0.6) is 11.5 Å². The summed E-state index contributed by atoms with van der Waals surface area (Å²) in [5.41, 5.74) is 6.63. The Morgan fingerprint density at radius 2 is 1.86 bits per heavy atom. The molecule has 0 amide bonds. The van der Waals surface area contributed by atoms with Gasteiger partial charge in [0.25, 0.3) is 5.89 Å². The van der Waals surface area contributed by atoms with E-state index in [2.05, 4.69) is 10.1 Å². The molecule has 0 atom stereocenters. The molecule has 2 N–H and O–H groups in total. The van der Waals surface area contributed by atoms with Crippen LogP contribution in [-0.4, -0.2) is 23.4 Å². The number of ether oxygens (including phenoxy) is 2. The molecule has 21 heavy (non-hydrogen) atoms. The van der Waals surface area contributed by atoms with Crippen LogP contribution in [0.15, 0.2) is 22.7 Å². The molecule has 2 aromatic rings. The fourth-order valence-corrected chi connectivity index (χ4v) is 2.62. The van der Waals surface area contributed by atoms with Gasteiger partial charge in [0.2, 0.25) is 0 Å². The van der Waals surface area contributed by atoms with E-state index in [9.17, 15) is 0 Å². The van der Waals surface area contributed by atoms with Gasteiger partial charge in [-0.1, -0.05) is 5.16 Å². The van der Waals surface area contributed by atoms with Gasteiger partial charge in [0, 0.05) is 12.0 Å². The van der Waals surface area contributed by atoms with Gasteiger partial charge in [-0.15, -0.1) is 0 Å². The molecular weight excluding hydrogens is 270 g/mol. The molecule has 0 bridgehead atoms. The van der Waals surface area contributed by atoms with Crippen molar-refractivity contribution in [3.05, 3.63) is 24.0 Å². The van der Waals surface area contributed by atoms with Gasteiger partial charge in [0.05, 0.1) is 18.8 Å². The average molecular weight is 287 g/mol. The zero-order valence-electron chi connectivity index (χ0n) is 11.7. The number of nitrogens with two attached hydrogens (primary N) is 1. The number of benzene rings is 1. The quantitative estimate of drug-likeness (QED) is 0.912. The molecule has 2 aliphatic rings. The summed E-state index contributed by atoms with van der Waals surface area (Å²) >= 11 is 0. The van der Waals surface area contributed by atoms with Crippen molar-refractivity contribution in [2.75, 3.05) is 13.2 Å². The third-order valence-electron chi connectivity index (χ3n) is 4.11. The van der Waals surface area contributed by atoms with Crippen molar-refractivity contribution >= 4 is 0 Å². The molecule has 6 heteroatoms. The van der Waals surface area contributed by atoms with Crippen LogP contribution in [-0.2, 0) is 5.54 Å². The first-order chi connectivity index (χ1) is 10.2. The molecule has 4 rings (SSSR count). The Morgan fingerprint density at radius 3 is 2.62 bits per heavy atom. The Morgan fingerprint density at radius 1 is 1.05 bits per heavy atom. The first kappa shape index (κ1) is 12.6. The van der Waals surface area contributed by atoms with Gasteiger partial charge in [-0.2, -0.15) is 4.98 Å². The minimum absolute atomic E-state index is 0.410. The number of rotatable bonds is 2. The molecule has 1 aliphatic carbocycles. The highest BCUT2D eigenvalue weighted by atomic mass is 16.5. The van der Waals surface area contributed by atoms with Crippen LogP contribution >= 0.6 is 0 Å². The van der Waals surface area contributed by atoms with E-state index in [4.69, 9.17) is 19.7 Å². The minimum atomic E-state index is -0.410. The standard InChI is InChI=1S/C15H17N3O3/c16-15(5-1-6-15)14-17-13(21-18-14)10-3-4-11-12(9-10)20-8-2-7-19-11/h3-4,9H,1-2,5-8,16H2. The number of fused-ring (bicyclic) bond motifs is 1. The Balaban J connectivity index is 1.66. The number of nitrogens with zero attached hydrogens (tertiary/aromatic N) is 2. The number of aromatic nitrogens is 2. The summed E-state index contributed by atoms with van der Waals surface area (Å²) in [6.07, 6.45) is 3.81. The summed E-state index contributed by atoms with van der Waals surface area (Å²) in [7, 11) is 0. The molecule has 1 fully saturated rings. The molecule has 0 unspecified atom stereocenters. The molecule has 1 saturated carbocycles. The van der Waals surface area contributed by atoms with Gasteiger partial charge in [0.15, 0.2) is 17.3 Å². The second-order valence-electron chi connectivity index (χ2n) is 5.64. The summed E-state index contributed by atoms with van der Waals surface area (Å²) in [6, 6.07) is 5.65. The Hall–Kier alpha value is -2.08. The fourth-order valence-electron chi connectivity index (χ4n) is 2.62. The lowest BCUT2D eigenvalue weighted by atomic mass is 9.77. The molecule has 1 aliphatic heterocycles. The Kier molecular flexibility index (Phi) is 2.85. The maximum atomic E-state index is 6.22. The summed E-state index contributed by atoms with van der Waals surface area (Å²) in [5.74, 6) is 2.54. The minimum Gasteiger partial charge on any atom is -0.490 e. The second-order valence-corrected chi connectivity index (χ2v) is 5.64. The third-order valence-corrected chi connectivity index (χ3v) is 4.11. The lowest BCUT2D eigenvalue weighted by Gasteiger charge is -2.34. The molecule has 1 aromatic heterocycles. The van der Waals surface area contributed by atoms with E-state index in [-0.39, 0.29) is 0 Å². The maximum absolute atomic E-state index is 6.22. The van der Waals surface area contributed by atoms with Crippen LogP contribution in [0.25, 0.3) is 11.5 Å². The third kappa shape index (κ3) is 2.15. The first-order valence-corrected chi connectivity index (χ1v) is 7.28. The summed E-state index contributed by atoms with van der Waals surface area (Å²) in [4.78, 5) is 4.45. The largest absolute Gasteiger partial charge is 0.490 e. The van der Waals surface area contributed by atoms with E-state index in [1.807, 2.05) is 18.2 Å². The van der Waals surface area contributed by atoms with Gasteiger partial charge in [0.1, 0.15) is 0 Å². The SMILES string of the molecule is NC1(c2noc(-c3ccc4c(c3)OCCCO4)n2)CCC1. The van der Waals surface area contributed by atoms with Gasteiger partial charge in [-0.25, -0.2) is 0 Å². The lowest BCUT2D eigenvalue weighted by Crippen LogP contribution is -2.44. The molecule has 0 radical (unpaired) electrons. The average Bonchev–Trinajstić information content (AvgIpc) is 2.84. The summed E-state index contributed by atoms with van der Waals surface area (Å²) in [5, 5.41) is 4.03. The lowest BCUT2D eigenvalue weighted by molar-refractivity contribution is 0.229. The Bertz CT molecular complexity index is 664. The Labute approximate surface area is 122 Å². The van der Waals surface area contributed by atoms with Crippen LogP contribution in [0.4, 0.5) is 0 Å². The molecule has 2 heterocycles. The van der Waals surface area contributed by atoms with E-state index in [1.165, 1.54) is 0 Å². The molecule has 1 aromatic carbocycles. The van der Waals surface area contributed by atoms with Crippen LogP contribution in [0.2, 0.25) is 0 Å². The maximum Gasteiger partial charge on any atom is 0.258 e. The summed E-state index contributed by atoms with van der Waals surface area (Å²) in [6.45, 7) is 1.32. The van der Waals surface area contributed by atoms with E-state index in [0.29, 0.717) is 24.9 Å². The highest BCUT2D eigenvalue weighted by Gasteiger charge is 2.39. The fraction of sp³-hybridized carbons (Fsp3) is 0.467. The summed E-state index contributed by atoms with van der Waals surface area (Å²) < 4.78 is 16.6.